The van der Waals surface area contributed by atoms with E-state index in [9.17, 15) is 0 Å². The van der Waals surface area contributed by atoms with E-state index in [0.717, 1.165) is 89.2 Å². The quantitative estimate of drug-likeness (QED) is 0.722. The maximum atomic E-state index is 9.04. The summed E-state index contributed by atoms with van der Waals surface area (Å²) in [5.74, 6) is 1.86. The lowest BCUT2D eigenvalue weighted by Gasteiger charge is -2.35. The standard InChI is InChI=1S/C19H25N5O.C4H9NO.C2H6/c1-22-7-6-16-14-20-18(21-19(16)22)15-2-4-17(5-3-15)24-10-8-23(9-11-24)12-13-25;1-3-6-4-2-5-1;1-2/h2-5,14,25H,6-13H2,1H3;5H,1-4H2;1-2H3. The molecule has 8 nitrogen and oxygen atoms in total. The number of morpholine rings is 1. The molecule has 182 valence electrons. The molecule has 3 aliphatic heterocycles. The first kappa shape index (κ1) is 25.4. The zero-order chi connectivity index (χ0) is 23.5. The minimum absolute atomic E-state index is 0.241. The van der Waals surface area contributed by atoms with Crippen molar-refractivity contribution in [2.45, 2.75) is 20.3 Å². The van der Waals surface area contributed by atoms with Crippen LogP contribution in [0.15, 0.2) is 30.5 Å². The van der Waals surface area contributed by atoms with Gasteiger partial charge in [0.2, 0.25) is 0 Å². The fraction of sp³-hybridized carbons (Fsp3) is 0.600. The molecular formula is C25H40N6O2. The number of anilines is 2. The van der Waals surface area contributed by atoms with Gasteiger partial charge in [0.1, 0.15) is 5.82 Å². The Morgan fingerprint density at radius 2 is 1.70 bits per heavy atom. The van der Waals surface area contributed by atoms with Gasteiger partial charge >= 0.3 is 0 Å². The summed E-state index contributed by atoms with van der Waals surface area (Å²) in [6, 6.07) is 8.56. The van der Waals surface area contributed by atoms with Crippen molar-refractivity contribution < 1.29 is 9.84 Å². The third kappa shape index (κ3) is 7.11. The number of β-amino-alcohol motifs (C(OH)–C–C–N with tert-alkyl or cyclic N) is 1. The molecule has 0 aliphatic carbocycles. The number of fused-ring (bicyclic) bond motifs is 1. The molecule has 1 aromatic carbocycles. The average molecular weight is 457 g/mol. The number of nitrogens with one attached hydrogen (secondary N) is 1. The summed E-state index contributed by atoms with van der Waals surface area (Å²) >= 11 is 0. The van der Waals surface area contributed by atoms with E-state index in [1.807, 2.05) is 20.0 Å². The topological polar surface area (TPSA) is 77.0 Å². The number of ether oxygens (including phenoxy) is 1. The molecular weight excluding hydrogens is 416 g/mol. The highest BCUT2D eigenvalue weighted by atomic mass is 16.5. The number of nitrogens with zero attached hydrogens (tertiary/aromatic N) is 5. The first-order chi connectivity index (χ1) is 16.2. The van der Waals surface area contributed by atoms with Crippen LogP contribution in [0.1, 0.15) is 19.4 Å². The van der Waals surface area contributed by atoms with Crippen molar-refractivity contribution >= 4 is 11.5 Å². The Kier molecular flexibility index (Phi) is 10.3. The summed E-state index contributed by atoms with van der Waals surface area (Å²) in [5.41, 5.74) is 3.54. The summed E-state index contributed by atoms with van der Waals surface area (Å²) in [6.45, 7) is 13.9. The van der Waals surface area contributed by atoms with Crippen LogP contribution < -0.4 is 15.1 Å². The fourth-order valence-corrected chi connectivity index (χ4v) is 4.15. The van der Waals surface area contributed by atoms with Crippen LogP contribution in [-0.2, 0) is 11.2 Å². The van der Waals surface area contributed by atoms with Crippen molar-refractivity contribution in [3.63, 3.8) is 0 Å². The van der Waals surface area contributed by atoms with Crippen LogP contribution >= 0.6 is 0 Å². The van der Waals surface area contributed by atoms with E-state index in [0.29, 0.717) is 0 Å². The molecule has 2 saturated heterocycles. The van der Waals surface area contributed by atoms with Crippen LogP contribution in [0.3, 0.4) is 0 Å². The Bertz CT molecular complexity index is 809. The minimum atomic E-state index is 0.241. The van der Waals surface area contributed by atoms with Crippen molar-refractivity contribution in [2.75, 3.05) is 89.0 Å². The fourth-order valence-electron chi connectivity index (χ4n) is 4.15. The van der Waals surface area contributed by atoms with Crippen molar-refractivity contribution in [1.29, 1.82) is 0 Å². The van der Waals surface area contributed by atoms with E-state index in [4.69, 9.17) is 14.8 Å². The van der Waals surface area contributed by atoms with Crippen molar-refractivity contribution in [3.8, 4) is 11.4 Å². The van der Waals surface area contributed by atoms with Gasteiger partial charge in [0.15, 0.2) is 5.82 Å². The molecule has 1 aromatic heterocycles. The summed E-state index contributed by atoms with van der Waals surface area (Å²) in [7, 11) is 2.09. The van der Waals surface area contributed by atoms with Gasteiger partial charge in [-0.3, -0.25) is 4.90 Å². The molecule has 0 bridgehead atoms. The van der Waals surface area contributed by atoms with Crippen molar-refractivity contribution in [2.24, 2.45) is 0 Å². The second-order valence-electron chi connectivity index (χ2n) is 8.18. The summed E-state index contributed by atoms with van der Waals surface area (Å²) < 4.78 is 5.01. The zero-order valence-electron chi connectivity index (χ0n) is 20.5. The maximum absolute atomic E-state index is 9.04. The Morgan fingerprint density at radius 1 is 1.00 bits per heavy atom. The van der Waals surface area contributed by atoms with Gasteiger partial charge < -0.3 is 25.0 Å². The Morgan fingerprint density at radius 3 is 2.27 bits per heavy atom. The molecule has 33 heavy (non-hydrogen) atoms. The van der Waals surface area contributed by atoms with E-state index in [-0.39, 0.29) is 6.61 Å². The summed E-state index contributed by atoms with van der Waals surface area (Å²) in [5, 5.41) is 12.2. The lowest BCUT2D eigenvalue weighted by atomic mass is 10.1. The van der Waals surface area contributed by atoms with E-state index in [1.54, 1.807) is 0 Å². The summed E-state index contributed by atoms with van der Waals surface area (Å²) in [6.07, 6.45) is 3.00. The van der Waals surface area contributed by atoms with Gasteiger partial charge in [-0.2, -0.15) is 0 Å². The lowest BCUT2D eigenvalue weighted by molar-refractivity contribution is 0.109. The van der Waals surface area contributed by atoms with E-state index in [1.165, 1.54) is 11.3 Å². The second kappa shape index (κ2) is 13.4. The zero-order valence-corrected chi connectivity index (χ0v) is 20.5. The third-order valence-corrected chi connectivity index (χ3v) is 6.05. The molecule has 2 N–H and O–H groups in total. The van der Waals surface area contributed by atoms with Gasteiger partial charge in [-0.05, 0) is 30.7 Å². The number of likely N-dealkylation sites (N-methyl/N-ethyl adjacent to an activating group) is 1. The van der Waals surface area contributed by atoms with Gasteiger partial charge in [-0.15, -0.1) is 0 Å². The van der Waals surface area contributed by atoms with Crippen molar-refractivity contribution in [1.82, 2.24) is 20.2 Å². The first-order valence-electron chi connectivity index (χ1n) is 12.3. The molecule has 2 fully saturated rings. The number of benzene rings is 1. The van der Waals surface area contributed by atoms with E-state index in [2.05, 4.69) is 56.3 Å². The monoisotopic (exact) mass is 456 g/mol. The van der Waals surface area contributed by atoms with E-state index >= 15 is 0 Å². The van der Waals surface area contributed by atoms with Crippen LogP contribution in [0.5, 0.6) is 0 Å². The summed E-state index contributed by atoms with van der Waals surface area (Å²) in [4.78, 5) is 16.2. The maximum Gasteiger partial charge on any atom is 0.161 e. The number of hydrogen-bond acceptors (Lipinski definition) is 8. The Hall–Kier alpha value is -2.26. The number of aromatic nitrogens is 2. The third-order valence-electron chi connectivity index (χ3n) is 6.05. The molecule has 3 aliphatic rings. The normalized spacial score (nSPS) is 18.1. The molecule has 0 amide bonds. The van der Waals surface area contributed by atoms with Crippen LogP contribution in [0.25, 0.3) is 11.4 Å². The van der Waals surface area contributed by atoms with Crippen molar-refractivity contribution in [3.05, 3.63) is 36.0 Å². The van der Waals surface area contributed by atoms with Gasteiger partial charge in [0, 0.05) is 82.4 Å². The first-order valence-corrected chi connectivity index (χ1v) is 12.3. The molecule has 8 heteroatoms. The number of piperazine rings is 1. The second-order valence-corrected chi connectivity index (χ2v) is 8.18. The number of hydrogen-bond donors (Lipinski definition) is 2. The average Bonchev–Trinajstić information content (AvgIpc) is 3.27. The lowest BCUT2D eigenvalue weighted by Crippen LogP contribution is -2.47. The molecule has 0 atom stereocenters. The molecule has 4 heterocycles. The Balaban J connectivity index is 0.000000329. The van der Waals surface area contributed by atoms with Gasteiger partial charge in [-0.25, -0.2) is 9.97 Å². The molecule has 2 aromatic rings. The van der Waals surface area contributed by atoms with Gasteiger partial charge in [0.25, 0.3) is 0 Å². The van der Waals surface area contributed by atoms with Gasteiger partial charge in [0.05, 0.1) is 19.8 Å². The largest absolute Gasteiger partial charge is 0.395 e. The molecule has 0 radical (unpaired) electrons. The van der Waals surface area contributed by atoms with Gasteiger partial charge in [-0.1, -0.05) is 13.8 Å². The highest BCUT2D eigenvalue weighted by Gasteiger charge is 2.19. The molecule has 5 rings (SSSR count). The predicted octanol–water partition coefficient (Wildman–Crippen LogP) is 1.88. The van der Waals surface area contributed by atoms with Crippen LogP contribution in [0.2, 0.25) is 0 Å². The molecule has 0 unspecified atom stereocenters. The van der Waals surface area contributed by atoms with Crippen LogP contribution in [0, 0.1) is 0 Å². The SMILES string of the molecule is C1COCCN1.CC.CN1CCc2cnc(-c3ccc(N4CCN(CCO)CC4)cc3)nc21. The highest BCUT2D eigenvalue weighted by Crippen LogP contribution is 2.27. The number of aliphatic hydroxyl groups excluding tert-OH is 1. The highest BCUT2D eigenvalue weighted by molar-refractivity contribution is 5.63. The number of rotatable bonds is 4. The van der Waals surface area contributed by atoms with E-state index < -0.39 is 0 Å². The van der Waals surface area contributed by atoms with Crippen LogP contribution in [0.4, 0.5) is 11.5 Å². The van der Waals surface area contributed by atoms with Crippen LogP contribution in [-0.4, -0.2) is 99.2 Å². The Labute approximate surface area is 198 Å². The predicted molar refractivity (Wildman–Crippen MR) is 135 cm³/mol. The smallest absolute Gasteiger partial charge is 0.161 e. The number of aliphatic hydroxyl groups is 1. The molecule has 0 saturated carbocycles. The molecule has 0 spiro atoms. The minimum Gasteiger partial charge on any atom is -0.395 e.